The number of furan rings is 1. The zero-order valence-corrected chi connectivity index (χ0v) is 17.1. The number of nitrogens with zero attached hydrogens (tertiary/aromatic N) is 2. The second-order valence-corrected chi connectivity index (χ2v) is 7.97. The monoisotopic (exact) mass is 428 g/mol. The normalized spacial score (nSPS) is 19.6. The molecule has 156 valence electrons. The highest BCUT2D eigenvalue weighted by molar-refractivity contribution is 6.31. The molecule has 0 radical (unpaired) electrons. The molecule has 5 rings (SSSR count). The first kappa shape index (κ1) is 19.4. The summed E-state index contributed by atoms with van der Waals surface area (Å²) in [7, 11) is 0. The van der Waals surface area contributed by atoms with E-state index in [4.69, 9.17) is 25.2 Å². The van der Waals surface area contributed by atoms with E-state index in [9.17, 15) is 9.59 Å². The average Bonchev–Trinajstić information content (AvgIpc) is 3.37. The third-order valence-corrected chi connectivity index (χ3v) is 5.95. The first-order chi connectivity index (χ1) is 14.6. The molecule has 0 aliphatic carbocycles. The number of ether oxygens (including phenoxy) is 1. The highest BCUT2D eigenvalue weighted by Gasteiger charge is 2.43. The van der Waals surface area contributed by atoms with Crippen molar-refractivity contribution in [1.82, 2.24) is 9.80 Å². The van der Waals surface area contributed by atoms with Crippen molar-refractivity contribution in [1.29, 1.82) is 0 Å². The van der Waals surface area contributed by atoms with Crippen molar-refractivity contribution in [3.63, 3.8) is 0 Å². The van der Waals surface area contributed by atoms with Gasteiger partial charge in [-0.05, 0) is 36.8 Å². The average molecular weight is 429 g/mol. The third kappa shape index (κ3) is 3.33. The van der Waals surface area contributed by atoms with Crippen LogP contribution < -0.4 is 5.43 Å². The number of benzene rings is 1. The number of amides is 1. The second kappa shape index (κ2) is 7.91. The molecule has 8 heteroatoms. The van der Waals surface area contributed by atoms with E-state index < -0.39 is 6.04 Å². The van der Waals surface area contributed by atoms with Crippen molar-refractivity contribution in [3.8, 4) is 0 Å². The molecule has 0 spiro atoms. The molecule has 1 atom stereocenters. The number of fused-ring (bicyclic) bond motifs is 2. The van der Waals surface area contributed by atoms with Crippen LogP contribution in [0.2, 0.25) is 5.02 Å². The van der Waals surface area contributed by atoms with Gasteiger partial charge in [-0.1, -0.05) is 11.6 Å². The van der Waals surface area contributed by atoms with Gasteiger partial charge in [0.05, 0.1) is 30.4 Å². The van der Waals surface area contributed by atoms with Gasteiger partial charge in [-0.25, -0.2) is 0 Å². The van der Waals surface area contributed by atoms with Crippen molar-refractivity contribution in [3.05, 3.63) is 68.9 Å². The molecule has 1 amide bonds. The van der Waals surface area contributed by atoms with Gasteiger partial charge in [-0.2, -0.15) is 0 Å². The summed E-state index contributed by atoms with van der Waals surface area (Å²) in [4.78, 5) is 30.6. The quantitative estimate of drug-likeness (QED) is 0.620. The lowest BCUT2D eigenvalue weighted by Gasteiger charge is -2.28. The van der Waals surface area contributed by atoms with E-state index in [0.717, 1.165) is 39.3 Å². The molecule has 1 aromatic carbocycles. The topological polar surface area (TPSA) is 76.1 Å². The molecule has 0 saturated carbocycles. The zero-order chi connectivity index (χ0) is 20.7. The maximum absolute atomic E-state index is 13.3. The van der Waals surface area contributed by atoms with Crippen LogP contribution in [0.1, 0.15) is 34.3 Å². The van der Waals surface area contributed by atoms with Crippen LogP contribution in [0.3, 0.4) is 0 Å². The zero-order valence-electron chi connectivity index (χ0n) is 16.3. The summed E-state index contributed by atoms with van der Waals surface area (Å²) in [5, 5.41) is 0.803. The molecule has 2 aliphatic heterocycles. The molecule has 3 aromatic rings. The summed E-state index contributed by atoms with van der Waals surface area (Å²) in [6.45, 7) is 4.59. The molecule has 1 fully saturated rings. The van der Waals surface area contributed by atoms with Crippen molar-refractivity contribution in [2.75, 3.05) is 39.4 Å². The Morgan fingerprint density at radius 2 is 1.93 bits per heavy atom. The summed E-state index contributed by atoms with van der Waals surface area (Å²) < 4.78 is 16.9. The molecule has 2 aliphatic rings. The van der Waals surface area contributed by atoms with Crippen LogP contribution in [-0.2, 0) is 4.74 Å². The van der Waals surface area contributed by atoms with Crippen molar-refractivity contribution in [2.45, 2.75) is 12.5 Å². The van der Waals surface area contributed by atoms with Gasteiger partial charge in [0.25, 0.3) is 5.91 Å². The minimum absolute atomic E-state index is 0.0857. The number of carbonyl (C=O) groups excluding carboxylic acids is 1. The maximum atomic E-state index is 13.3. The third-order valence-electron chi connectivity index (χ3n) is 5.72. The van der Waals surface area contributed by atoms with Gasteiger partial charge in [-0.15, -0.1) is 0 Å². The summed E-state index contributed by atoms with van der Waals surface area (Å²) >= 11 is 6.09. The Bertz CT molecular complexity index is 1130. The molecule has 0 bridgehead atoms. The van der Waals surface area contributed by atoms with Crippen LogP contribution in [0.25, 0.3) is 11.0 Å². The van der Waals surface area contributed by atoms with E-state index >= 15 is 0 Å². The van der Waals surface area contributed by atoms with E-state index in [0.29, 0.717) is 33.9 Å². The summed E-state index contributed by atoms with van der Waals surface area (Å²) in [5.74, 6) is 0.340. The fraction of sp³-hybridized carbons (Fsp3) is 0.364. The van der Waals surface area contributed by atoms with E-state index in [1.807, 2.05) is 0 Å². The van der Waals surface area contributed by atoms with E-state index in [-0.39, 0.29) is 17.1 Å². The SMILES string of the molecule is O=C1c2oc3ccc(Cl)cc3c(=O)c2[C@@H](c2ccco2)N1CCCN1CCOCC1. The Morgan fingerprint density at radius 3 is 2.70 bits per heavy atom. The standard InChI is InChI=1S/C22H21ClN2O5/c23-14-4-5-16-15(13-14)20(26)18-19(17-3-1-10-29-17)25(22(27)21(18)30-16)7-2-6-24-8-11-28-12-9-24/h1,3-5,10,13,19H,2,6-9,11-12H2/t19-/m1/s1. The van der Waals surface area contributed by atoms with Gasteiger partial charge in [0.1, 0.15) is 17.4 Å². The van der Waals surface area contributed by atoms with Crippen LogP contribution in [0, 0.1) is 0 Å². The first-order valence-corrected chi connectivity index (χ1v) is 10.4. The molecule has 4 heterocycles. The number of rotatable bonds is 5. The summed E-state index contributed by atoms with van der Waals surface area (Å²) in [6.07, 6.45) is 2.32. The van der Waals surface area contributed by atoms with Crippen molar-refractivity contribution < 1.29 is 18.4 Å². The Morgan fingerprint density at radius 1 is 1.10 bits per heavy atom. The van der Waals surface area contributed by atoms with E-state index in [2.05, 4.69) is 4.90 Å². The smallest absolute Gasteiger partial charge is 0.291 e. The molecular weight excluding hydrogens is 408 g/mol. The Balaban J connectivity index is 1.50. The maximum Gasteiger partial charge on any atom is 0.291 e. The van der Waals surface area contributed by atoms with E-state index in [1.165, 1.54) is 0 Å². The molecule has 2 aromatic heterocycles. The van der Waals surface area contributed by atoms with Crippen LogP contribution in [-0.4, -0.2) is 55.1 Å². The molecule has 0 unspecified atom stereocenters. The lowest BCUT2D eigenvalue weighted by Crippen LogP contribution is -2.38. The van der Waals surface area contributed by atoms with Gasteiger partial charge in [-0.3, -0.25) is 14.5 Å². The minimum atomic E-state index is -0.605. The van der Waals surface area contributed by atoms with Crippen LogP contribution in [0.15, 0.2) is 50.2 Å². The second-order valence-electron chi connectivity index (χ2n) is 7.54. The Hall–Kier alpha value is -2.61. The number of morpholine rings is 1. The molecular formula is C22H21ClN2O5. The van der Waals surface area contributed by atoms with Crippen molar-refractivity contribution >= 4 is 28.5 Å². The lowest BCUT2D eigenvalue weighted by atomic mass is 10.0. The molecule has 1 saturated heterocycles. The lowest BCUT2D eigenvalue weighted by molar-refractivity contribution is 0.0352. The van der Waals surface area contributed by atoms with Crippen LogP contribution in [0.5, 0.6) is 0 Å². The predicted molar refractivity (Wildman–Crippen MR) is 111 cm³/mol. The summed E-state index contributed by atoms with van der Waals surface area (Å²) in [5.41, 5.74) is 0.417. The van der Waals surface area contributed by atoms with Crippen LogP contribution >= 0.6 is 11.6 Å². The number of hydrogen-bond acceptors (Lipinski definition) is 6. The van der Waals surface area contributed by atoms with Gasteiger partial charge >= 0.3 is 0 Å². The molecule has 0 N–H and O–H groups in total. The van der Waals surface area contributed by atoms with E-state index in [1.54, 1.807) is 41.5 Å². The molecule has 7 nitrogen and oxygen atoms in total. The fourth-order valence-corrected chi connectivity index (χ4v) is 4.43. The van der Waals surface area contributed by atoms with Crippen LogP contribution in [0.4, 0.5) is 0 Å². The minimum Gasteiger partial charge on any atom is -0.467 e. The first-order valence-electron chi connectivity index (χ1n) is 10.0. The van der Waals surface area contributed by atoms with Gasteiger partial charge < -0.3 is 18.5 Å². The number of carbonyl (C=O) groups is 1. The Labute approximate surface area is 177 Å². The van der Waals surface area contributed by atoms with Gasteiger partial charge in [0.15, 0.2) is 5.43 Å². The molecule has 30 heavy (non-hydrogen) atoms. The Kier molecular flexibility index (Phi) is 5.10. The fourth-order valence-electron chi connectivity index (χ4n) is 4.26. The largest absolute Gasteiger partial charge is 0.467 e. The predicted octanol–water partition coefficient (Wildman–Crippen LogP) is 3.31. The van der Waals surface area contributed by atoms with Gasteiger partial charge in [0.2, 0.25) is 5.76 Å². The van der Waals surface area contributed by atoms with Crippen molar-refractivity contribution in [2.24, 2.45) is 0 Å². The number of hydrogen-bond donors (Lipinski definition) is 0. The number of halogens is 1. The highest BCUT2D eigenvalue weighted by Crippen LogP contribution is 2.38. The highest BCUT2D eigenvalue weighted by atomic mass is 35.5. The van der Waals surface area contributed by atoms with Gasteiger partial charge in [0, 0.05) is 31.2 Å². The summed E-state index contributed by atoms with van der Waals surface area (Å²) in [6, 6.07) is 7.77.